The van der Waals surface area contributed by atoms with Crippen LogP contribution in [0.3, 0.4) is 0 Å². The molecule has 0 fully saturated rings. The van der Waals surface area contributed by atoms with Crippen LogP contribution in [-0.4, -0.2) is 5.48 Å². The molecule has 0 aromatic rings. The summed E-state index contributed by atoms with van der Waals surface area (Å²) in [4.78, 5) is 0. The molecule has 105 valence electrons. The average Bonchev–Trinajstić information content (AvgIpc) is 2.15. The third kappa shape index (κ3) is 13.6. The number of rotatable bonds is 0. The molecule has 2 heteroatoms. The monoisotopic (exact) mass is 337 g/mol. The molecular formula is C16H26ORh. The van der Waals surface area contributed by atoms with E-state index in [0.29, 0.717) is 0 Å². The van der Waals surface area contributed by atoms with Crippen molar-refractivity contribution in [3.63, 3.8) is 0 Å². The van der Waals surface area contributed by atoms with Gasteiger partial charge in [-0.2, -0.15) is 0 Å². The maximum absolute atomic E-state index is 2.27. The van der Waals surface area contributed by atoms with Gasteiger partial charge >= 0.3 is 0 Å². The van der Waals surface area contributed by atoms with Gasteiger partial charge in [-0.3, -0.25) is 0 Å². The Kier molecular flexibility index (Phi) is 18.3. The summed E-state index contributed by atoms with van der Waals surface area (Å²) in [6.45, 7) is 0. The van der Waals surface area contributed by atoms with Crippen molar-refractivity contribution in [2.75, 3.05) is 0 Å². The normalized spacial score (nSPS) is 21.3. The molecule has 0 heterocycles. The van der Waals surface area contributed by atoms with Crippen molar-refractivity contribution in [2.45, 2.75) is 51.4 Å². The van der Waals surface area contributed by atoms with Gasteiger partial charge in [0.1, 0.15) is 0 Å². The second-order valence-corrected chi connectivity index (χ2v) is 4.20. The molecule has 0 saturated heterocycles. The molecule has 0 spiro atoms. The van der Waals surface area contributed by atoms with Gasteiger partial charge in [-0.05, 0) is 51.4 Å². The van der Waals surface area contributed by atoms with Gasteiger partial charge in [0.25, 0.3) is 0 Å². The molecule has 18 heavy (non-hydrogen) atoms. The van der Waals surface area contributed by atoms with Gasteiger partial charge < -0.3 is 5.48 Å². The first kappa shape index (κ1) is 19.9. The van der Waals surface area contributed by atoms with Crippen molar-refractivity contribution >= 4 is 0 Å². The molecule has 0 bridgehead atoms. The van der Waals surface area contributed by atoms with Crippen molar-refractivity contribution in [1.82, 2.24) is 0 Å². The average molecular weight is 337 g/mol. The van der Waals surface area contributed by atoms with E-state index in [2.05, 4.69) is 48.6 Å². The summed E-state index contributed by atoms with van der Waals surface area (Å²) in [5.74, 6) is 0. The van der Waals surface area contributed by atoms with Crippen LogP contribution in [0.5, 0.6) is 0 Å². The van der Waals surface area contributed by atoms with Gasteiger partial charge in [-0.25, -0.2) is 0 Å². The topological polar surface area (TPSA) is 31.5 Å². The number of hydrogen-bond donors (Lipinski definition) is 0. The first-order valence-electron chi connectivity index (χ1n) is 6.60. The molecule has 2 aliphatic rings. The van der Waals surface area contributed by atoms with Crippen molar-refractivity contribution in [1.29, 1.82) is 0 Å². The van der Waals surface area contributed by atoms with Crippen LogP contribution >= 0.6 is 0 Å². The Bertz CT molecular complexity index is 184. The van der Waals surface area contributed by atoms with E-state index in [4.69, 9.17) is 0 Å². The Hall–Kier alpha value is -0.457. The Morgan fingerprint density at radius 3 is 0.556 bits per heavy atom. The smallest absolute Gasteiger partial charge is 0 e. The Morgan fingerprint density at radius 2 is 0.444 bits per heavy atom. The van der Waals surface area contributed by atoms with Crippen LogP contribution in [0.4, 0.5) is 0 Å². The molecule has 0 amide bonds. The molecule has 2 rings (SSSR count). The van der Waals surface area contributed by atoms with Crippen LogP contribution < -0.4 is 0 Å². The van der Waals surface area contributed by atoms with E-state index in [9.17, 15) is 0 Å². The van der Waals surface area contributed by atoms with Crippen molar-refractivity contribution in [3.8, 4) is 0 Å². The van der Waals surface area contributed by atoms with E-state index in [-0.39, 0.29) is 25.0 Å². The van der Waals surface area contributed by atoms with Crippen molar-refractivity contribution in [2.24, 2.45) is 0 Å². The molecule has 2 N–H and O–H groups in total. The first-order chi connectivity index (χ1) is 8.00. The summed E-state index contributed by atoms with van der Waals surface area (Å²) in [6.07, 6.45) is 28.0. The third-order valence-electron chi connectivity index (χ3n) is 2.67. The fourth-order valence-corrected chi connectivity index (χ4v) is 1.71. The van der Waals surface area contributed by atoms with Gasteiger partial charge in [-0.1, -0.05) is 48.6 Å². The first-order valence-corrected chi connectivity index (χ1v) is 6.60. The van der Waals surface area contributed by atoms with Gasteiger partial charge in [0.05, 0.1) is 0 Å². The maximum Gasteiger partial charge on any atom is 0 e. The molecule has 0 aromatic heterocycles. The zero-order valence-corrected chi connectivity index (χ0v) is 12.7. The minimum atomic E-state index is 0. The predicted molar refractivity (Wildman–Crippen MR) is 77.1 cm³/mol. The zero-order chi connectivity index (χ0) is 11.3. The van der Waals surface area contributed by atoms with E-state index in [1.54, 1.807) is 0 Å². The van der Waals surface area contributed by atoms with E-state index in [1.165, 1.54) is 51.4 Å². The van der Waals surface area contributed by atoms with E-state index >= 15 is 0 Å². The largest absolute Gasteiger partial charge is 0.412 e. The van der Waals surface area contributed by atoms with Gasteiger partial charge in [0, 0.05) is 19.5 Å². The van der Waals surface area contributed by atoms with Crippen LogP contribution in [0.15, 0.2) is 48.6 Å². The summed E-state index contributed by atoms with van der Waals surface area (Å²) < 4.78 is 0. The predicted octanol–water partition coefficient (Wildman–Crippen LogP) is 4.52. The van der Waals surface area contributed by atoms with E-state index < -0.39 is 0 Å². The van der Waals surface area contributed by atoms with Crippen molar-refractivity contribution < 1.29 is 25.0 Å². The Labute approximate surface area is 125 Å². The van der Waals surface area contributed by atoms with Gasteiger partial charge in [0.2, 0.25) is 0 Å². The molecule has 0 aliphatic heterocycles. The summed E-state index contributed by atoms with van der Waals surface area (Å²) in [6, 6.07) is 0. The van der Waals surface area contributed by atoms with Crippen LogP contribution in [0, 0.1) is 0 Å². The molecule has 1 radical (unpaired) electrons. The molecule has 0 unspecified atom stereocenters. The second-order valence-electron chi connectivity index (χ2n) is 4.20. The van der Waals surface area contributed by atoms with E-state index in [1.807, 2.05) is 0 Å². The fraction of sp³-hybridized carbons (Fsp3) is 0.500. The maximum atomic E-state index is 2.27. The standard InChI is InChI=1S/2C8H12.H2O.Rh/c2*1-2-4-6-8-7-5-3-1;;/h2*1-2,7-8H,3-6H2;1H2;/b2*2-1-,8-7?;;. The Balaban J connectivity index is 0. The molecule has 0 saturated carbocycles. The second kappa shape index (κ2) is 16.5. The molecule has 0 aromatic carbocycles. The van der Waals surface area contributed by atoms with Crippen LogP contribution in [0.2, 0.25) is 0 Å². The zero-order valence-electron chi connectivity index (χ0n) is 11.1. The minimum Gasteiger partial charge on any atom is -0.412 e. The fourth-order valence-electron chi connectivity index (χ4n) is 1.71. The third-order valence-corrected chi connectivity index (χ3v) is 2.67. The van der Waals surface area contributed by atoms with Gasteiger partial charge in [-0.15, -0.1) is 0 Å². The summed E-state index contributed by atoms with van der Waals surface area (Å²) in [5.41, 5.74) is 0. The number of hydrogen-bond acceptors (Lipinski definition) is 0. The molecule has 2 aliphatic carbocycles. The summed E-state index contributed by atoms with van der Waals surface area (Å²) >= 11 is 0. The Morgan fingerprint density at radius 1 is 0.333 bits per heavy atom. The number of allylic oxidation sites excluding steroid dienone is 8. The van der Waals surface area contributed by atoms with E-state index in [0.717, 1.165) is 0 Å². The van der Waals surface area contributed by atoms with Gasteiger partial charge in [0.15, 0.2) is 0 Å². The molecular weight excluding hydrogens is 311 g/mol. The van der Waals surface area contributed by atoms with Crippen LogP contribution in [0.1, 0.15) is 51.4 Å². The SMILES string of the molecule is C1=CCC/C=C\CC1.C1=CCC/C=C\CC1.O.[Rh]. The van der Waals surface area contributed by atoms with Crippen LogP contribution in [0.25, 0.3) is 0 Å². The van der Waals surface area contributed by atoms with Crippen LogP contribution in [-0.2, 0) is 19.5 Å². The summed E-state index contributed by atoms with van der Waals surface area (Å²) in [5, 5.41) is 0. The summed E-state index contributed by atoms with van der Waals surface area (Å²) in [7, 11) is 0. The molecule has 1 nitrogen and oxygen atoms in total. The van der Waals surface area contributed by atoms with Crippen molar-refractivity contribution in [3.05, 3.63) is 48.6 Å². The quantitative estimate of drug-likeness (QED) is 0.460. The molecule has 0 atom stereocenters. The minimum absolute atomic E-state index is 0.